The molecule has 3 aliphatic rings. The molecule has 3 heterocycles. The molecule has 0 radical (unpaired) electrons. The highest BCUT2D eigenvalue weighted by Crippen LogP contribution is 2.58. The number of hydrogen-bond acceptors (Lipinski definition) is 10. The molecule has 4 N–H and O–H groups in total. The molecule has 52 heavy (non-hydrogen) atoms. The lowest BCUT2D eigenvalue weighted by Crippen LogP contribution is -2.68. The summed E-state index contributed by atoms with van der Waals surface area (Å²) in [5, 5.41) is 48.4. The Morgan fingerprint density at radius 3 is 2.13 bits per heavy atom. The van der Waals surface area contributed by atoms with Crippen LogP contribution in [0.5, 0.6) is 28.7 Å². The smallest absolute Gasteiger partial charge is 0.251 e. The van der Waals surface area contributed by atoms with Crippen LogP contribution in [0.25, 0.3) is 11.1 Å². The van der Waals surface area contributed by atoms with Gasteiger partial charge in [0.25, 0.3) is 5.91 Å². The zero-order valence-electron chi connectivity index (χ0n) is 30.2. The molecule has 1 amide bonds. The molecule has 0 saturated carbocycles. The van der Waals surface area contributed by atoms with Gasteiger partial charge in [-0.1, -0.05) is 48.5 Å². The maximum atomic E-state index is 14.1. The minimum atomic E-state index is -0.706. The highest BCUT2D eigenvalue weighted by molar-refractivity contribution is 6.00. The highest BCUT2D eigenvalue weighted by Gasteiger charge is 2.57. The summed E-state index contributed by atoms with van der Waals surface area (Å²) in [7, 11) is 6.65. The predicted octanol–water partition coefficient (Wildman–Crippen LogP) is 5.10. The molecule has 1 fully saturated rings. The molecule has 4 aromatic rings. The van der Waals surface area contributed by atoms with E-state index in [1.54, 1.807) is 27.2 Å². The first kappa shape index (κ1) is 35.1. The number of methoxy groups -OCH3 is 3. The Morgan fingerprint density at radius 2 is 1.48 bits per heavy atom. The van der Waals surface area contributed by atoms with Crippen molar-refractivity contribution in [2.75, 3.05) is 34.9 Å². The second kappa shape index (κ2) is 13.7. The Balaban J connectivity index is 1.41. The van der Waals surface area contributed by atoms with Crippen LogP contribution in [0.4, 0.5) is 0 Å². The van der Waals surface area contributed by atoms with E-state index in [-0.39, 0.29) is 30.0 Å². The van der Waals surface area contributed by atoms with Crippen LogP contribution in [0.3, 0.4) is 0 Å². The van der Waals surface area contributed by atoms with Crippen molar-refractivity contribution < 1.29 is 34.3 Å². The largest absolute Gasteiger partial charge is 0.507 e. The number of carbonyl (C=O) groups excluding carboxylic acids is 1. The first-order chi connectivity index (χ1) is 25.1. The molecule has 7 rings (SSSR count). The van der Waals surface area contributed by atoms with Crippen LogP contribution in [0.2, 0.25) is 0 Å². The zero-order valence-corrected chi connectivity index (χ0v) is 30.2. The summed E-state index contributed by atoms with van der Waals surface area (Å²) >= 11 is 0. The van der Waals surface area contributed by atoms with Crippen LogP contribution >= 0.6 is 0 Å². The Kier molecular flexibility index (Phi) is 9.25. The average molecular weight is 705 g/mol. The van der Waals surface area contributed by atoms with Crippen molar-refractivity contribution in [2.24, 2.45) is 0 Å². The first-order valence-electron chi connectivity index (χ1n) is 17.4. The lowest BCUT2D eigenvalue weighted by atomic mass is 9.71. The molecule has 2 bridgehead atoms. The van der Waals surface area contributed by atoms with Crippen LogP contribution in [0.15, 0.2) is 54.6 Å². The fraction of sp³-hybridized carbons (Fsp3) is 0.366. The Hall–Kier alpha value is -5.28. The molecule has 1 saturated heterocycles. The third-order valence-electron chi connectivity index (χ3n) is 11.5. The lowest BCUT2D eigenvalue weighted by molar-refractivity contribution is -0.0724. The minimum Gasteiger partial charge on any atom is -0.507 e. The molecule has 5 atom stereocenters. The number of nitrogens with one attached hydrogen (secondary N) is 1. The van der Waals surface area contributed by atoms with E-state index in [1.165, 1.54) is 7.11 Å². The fourth-order valence-corrected chi connectivity index (χ4v) is 9.27. The van der Waals surface area contributed by atoms with Crippen molar-refractivity contribution >= 4 is 5.91 Å². The number of rotatable bonds is 8. The minimum absolute atomic E-state index is 0.0243. The number of amides is 1. The Morgan fingerprint density at radius 1 is 0.865 bits per heavy atom. The third-order valence-corrected chi connectivity index (χ3v) is 11.5. The number of benzene rings is 4. The van der Waals surface area contributed by atoms with Crippen LogP contribution in [0.1, 0.15) is 61.4 Å². The van der Waals surface area contributed by atoms with E-state index in [0.717, 1.165) is 22.3 Å². The van der Waals surface area contributed by atoms with Crippen molar-refractivity contribution in [1.29, 1.82) is 5.26 Å². The number of piperazine rings is 1. The van der Waals surface area contributed by atoms with Gasteiger partial charge in [0.2, 0.25) is 0 Å². The molecular formula is C41H44N4O7. The van der Waals surface area contributed by atoms with Gasteiger partial charge in [-0.2, -0.15) is 5.26 Å². The highest BCUT2D eigenvalue weighted by atomic mass is 16.5. The molecule has 0 spiro atoms. The van der Waals surface area contributed by atoms with Gasteiger partial charge < -0.3 is 34.8 Å². The summed E-state index contributed by atoms with van der Waals surface area (Å²) in [5.41, 5.74) is 6.51. The van der Waals surface area contributed by atoms with E-state index >= 15 is 0 Å². The number of phenols is 2. The number of hydrogen-bond donors (Lipinski definition) is 4. The van der Waals surface area contributed by atoms with Crippen molar-refractivity contribution in [3.05, 3.63) is 99.1 Å². The SMILES string of the molecule is COc1c(C)c(OC)c2c(c1O)[C@H]1[C@@H]3Cc4c(OC)c(C)c(CO)c(O)c4[C@H](CNC(=O)c4ccccc4-c4ccccc4)N3[C@@H](C#N)[C@H](C2)N1C. The predicted molar refractivity (Wildman–Crippen MR) is 195 cm³/mol. The number of ether oxygens (including phenoxy) is 3. The van der Waals surface area contributed by atoms with Crippen molar-refractivity contribution in [3.63, 3.8) is 0 Å². The van der Waals surface area contributed by atoms with Crippen molar-refractivity contribution in [3.8, 4) is 45.9 Å². The summed E-state index contributed by atoms with van der Waals surface area (Å²) in [4.78, 5) is 18.4. The van der Waals surface area contributed by atoms with Gasteiger partial charge in [-0.15, -0.1) is 0 Å². The standard InChI is InChI=1S/C41H44N4O7/c1-21-28(20-46)36(47)33-26(38(21)50-4)17-30-35-34-27(39(51-5)22(2)40(52-6)37(34)48)16-29(44(35)3)31(18-42)45(30)32(33)19-43-41(49)25-15-11-10-14-24(25)23-12-8-7-9-13-23/h7-15,29-32,35,46-48H,16-17,19-20H2,1-6H3,(H,43,49)/t29-,30-,31-,32-,35+/m0/s1. The molecule has 3 aliphatic heterocycles. The number of aromatic hydroxyl groups is 2. The maximum absolute atomic E-state index is 14.1. The van der Waals surface area contributed by atoms with E-state index in [0.29, 0.717) is 63.5 Å². The van der Waals surface area contributed by atoms with E-state index < -0.39 is 30.8 Å². The monoisotopic (exact) mass is 704 g/mol. The van der Waals surface area contributed by atoms with Crippen molar-refractivity contribution in [2.45, 2.75) is 63.5 Å². The van der Waals surface area contributed by atoms with Gasteiger partial charge in [-0.25, -0.2) is 0 Å². The number of aliphatic hydroxyl groups is 1. The summed E-state index contributed by atoms with van der Waals surface area (Å²) in [5.74, 6) is 1.11. The van der Waals surface area contributed by atoms with Gasteiger partial charge in [-0.3, -0.25) is 14.6 Å². The number of fused-ring (bicyclic) bond motifs is 7. The van der Waals surface area contributed by atoms with Gasteiger partial charge in [0.05, 0.1) is 46.1 Å². The van der Waals surface area contributed by atoms with Crippen LogP contribution in [-0.2, 0) is 19.4 Å². The van der Waals surface area contributed by atoms with Gasteiger partial charge >= 0.3 is 0 Å². The molecule has 0 aliphatic carbocycles. The number of phenolic OH excluding ortho intramolecular Hbond substituents is 1. The molecule has 11 heteroatoms. The second-order valence-corrected chi connectivity index (χ2v) is 13.8. The normalized spacial score (nSPS) is 22.0. The summed E-state index contributed by atoms with van der Waals surface area (Å²) in [6, 6.07) is 17.1. The molecular weight excluding hydrogens is 660 g/mol. The number of nitrogens with zero attached hydrogens (tertiary/aromatic N) is 3. The molecule has 11 nitrogen and oxygen atoms in total. The van der Waals surface area contributed by atoms with E-state index in [2.05, 4.69) is 21.2 Å². The quantitative estimate of drug-likeness (QED) is 0.195. The average Bonchev–Trinajstić information content (AvgIpc) is 3.15. The molecule has 270 valence electrons. The van der Waals surface area contributed by atoms with Crippen LogP contribution in [0, 0.1) is 25.2 Å². The number of nitriles is 1. The fourth-order valence-electron chi connectivity index (χ4n) is 9.27. The number of aliphatic hydroxyl groups excluding tert-OH is 1. The number of likely N-dealkylation sites (N-methyl/N-ethyl adjacent to an activating group) is 1. The second-order valence-electron chi connectivity index (χ2n) is 13.8. The topological polar surface area (TPSA) is 148 Å². The van der Waals surface area contributed by atoms with Crippen LogP contribution in [-0.4, -0.2) is 84.1 Å². The Labute approximate surface area is 303 Å². The van der Waals surface area contributed by atoms with Gasteiger partial charge in [0, 0.05) is 63.1 Å². The van der Waals surface area contributed by atoms with Gasteiger partial charge in [0.15, 0.2) is 11.5 Å². The summed E-state index contributed by atoms with van der Waals surface area (Å²) in [6.45, 7) is 3.26. The maximum Gasteiger partial charge on any atom is 0.251 e. The molecule has 0 aromatic heterocycles. The van der Waals surface area contributed by atoms with Gasteiger partial charge in [0.1, 0.15) is 23.3 Å². The summed E-state index contributed by atoms with van der Waals surface area (Å²) in [6.07, 6.45) is 0.754. The molecule has 4 aromatic carbocycles. The Bertz CT molecular complexity index is 2100. The zero-order chi connectivity index (χ0) is 37.0. The van der Waals surface area contributed by atoms with E-state index in [1.807, 2.05) is 62.5 Å². The van der Waals surface area contributed by atoms with Gasteiger partial charge in [-0.05, 0) is 50.9 Å². The van der Waals surface area contributed by atoms with Crippen LogP contribution < -0.4 is 19.5 Å². The van der Waals surface area contributed by atoms with Crippen molar-refractivity contribution in [1.82, 2.24) is 15.1 Å². The summed E-state index contributed by atoms with van der Waals surface area (Å²) < 4.78 is 17.7. The third kappa shape index (κ3) is 5.16. The van der Waals surface area contributed by atoms with E-state index in [9.17, 15) is 25.4 Å². The lowest BCUT2D eigenvalue weighted by Gasteiger charge is -2.60. The molecule has 0 unspecified atom stereocenters. The van der Waals surface area contributed by atoms with E-state index in [4.69, 9.17) is 14.2 Å². The number of carbonyl (C=O) groups is 1. The first-order valence-corrected chi connectivity index (χ1v) is 17.4.